The van der Waals surface area contributed by atoms with Crippen molar-refractivity contribution < 1.29 is 4.42 Å². The maximum absolute atomic E-state index is 5.45. The Morgan fingerprint density at radius 2 is 2.12 bits per heavy atom. The van der Waals surface area contributed by atoms with E-state index in [1.54, 1.807) is 10.8 Å². The van der Waals surface area contributed by atoms with Crippen LogP contribution in [0.1, 0.15) is 30.2 Å². The summed E-state index contributed by atoms with van der Waals surface area (Å²) in [6, 6.07) is 12.2. The minimum Gasteiger partial charge on any atom is -0.461 e. The van der Waals surface area contributed by atoms with E-state index in [0.29, 0.717) is 17.4 Å². The molecule has 4 aromatic rings. The van der Waals surface area contributed by atoms with Crippen LogP contribution in [0.4, 0.5) is 11.5 Å². The SMILES string of the molecule is CCc1cccc(Nc2c3c(nc4nc(-c5ccco5)nn24)CCC3)c1. The zero-order valence-corrected chi connectivity index (χ0v) is 14.6. The van der Waals surface area contributed by atoms with Crippen LogP contribution in [0.15, 0.2) is 47.1 Å². The van der Waals surface area contributed by atoms with Gasteiger partial charge in [0.2, 0.25) is 5.82 Å². The summed E-state index contributed by atoms with van der Waals surface area (Å²) in [5, 5.41) is 8.23. The molecule has 3 heterocycles. The van der Waals surface area contributed by atoms with Gasteiger partial charge in [0.05, 0.1) is 12.0 Å². The fraction of sp³-hybridized carbons (Fsp3) is 0.250. The maximum atomic E-state index is 5.45. The van der Waals surface area contributed by atoms with Crippen molar-refractivity contribution in [3.05, 3.63) is 59.5 Å². The summed E-state index contributed by atoms with van der Waals surface area (Å²) < 4.78 is 7.26. The van der Waals surface area contributed by atoms with Crippen molar-refractivity contribution in [3.8, 4) is 11.6 Å². The molecule has 0 unspecified atom stereocenters. The zero-order chi connectivity index (χ0) is 17.5. The number of aryl methyl sites for hydroxylation is 2. The van der Waals surface area contributed by atoms with E-state index in [0.717, 1.165) is 42.9 Å². The number of benzene rings is 1. The van der Waals surface area contributed by atoms with Gasteiger partial charge in [0.1, 0.15) is 5.82 Å². The van der Waals surface area contributed by atoms with Crippen LogP contribution < -0.4 is 5.32 Å². The van der Waals surface area contributed by atoms with E-state index in [1.807, 2.05) is 12.1 Å². The first-order valence-electron chi connectivity index (χ1n) is 9.00. The Kier molecular flexibility index (Phi) is 3.48. The molecule has 6 nitrogen and oxygen atoms in total. The molecule has 0 fully saturated rings. The van der Waals surface area contributed by atoms with E-state index >= 15 is 0 Å². The van der Waals surface area contributed by atoms with Crippen LogP contribution in [-0.4, -0.2) is 19.6 Å². The van der Waals surface area contributed by atoms with Crippen molar-refractivity contribution in [1.82, 2.24) is 19.6 Å². The average molecular weight is 345 g/mol. The van der Waals surface area contributed by atoms with Gasteiger partial charge in [-0.1, -0.05) is 19.1 Å². The molecule has 0 radical (unpaired) electrons. The van der Waals surface area contributed by atoms with E-state index in [2.05, 4.69) is 46.6 Å². The third-order valence-corrected chi connectivity index (χ3v) is 4.85. The highest BCUT2D eigenvalue weighted by molar-refractivity contribution is 5.65. The number of aromatic nitrogens is 4. The number of furan rings is 1. The monoisotopic (exact) mass is 345 g/mol. The van der Waals surface area contributed by atoms with Gasteiger partial charge in [0.25, 0.3) is 5.78 Å². The number of anilines is 2. The molecule has 5 rings (SSSR count). The Morgan fingerprint density at radius 1 is 1.15 bits per heavy atom. The highest BCUT2D eigenvalue weighted by atomic mass is 16.3. The van der Waals surface area contributed by atoms with Gasteiger partial charge < -0.3 is 9.73 Å². The van der Waals surface area contributed by atoms with E-state index in [9.17, 15) is 0 Å². The van der Waals surface area contributed by atoms with Crippen molar-refractivity contribution >= 4 is 17.3 Å². The molecule has 3 aromatic heterocycles. The third-order valence-electron chi connectivity index (χ3n) is 4.85. The van der Waals surface area contributed by atoms with Crippen molar-refractivity contribution in [2.45, 2.75) is 32.6 Å². The highest BCUT2D eigenvalue weighted by Crippen LogP contribution is 2.31. The van der Waals surface area contributed by atoms with Gasteiger partial charge in [0.15, 0.2) is 5.76 Å². The fourth-order valence-corrected chi connectivity index (χ4v) is 3.53. The minimum atomic E-state index is 0.552. The summed E-state index contributed by atoms with van der Waals surface area (Å²) in [6.07, 6.45) is 5.74. The first-order valence-corrected chi connectivity index (χ1v) is 9.00. The average Bonchev–Trinajstić information content (AvgIpc) is 3.41. The molecular formula is C20H19N5O. The summed E-state index contributed by atoms with van der Waals surface area (Å²) in [7, 11) is 0. The van der Waals surface area contributed by atoms with E-state index in [4.69, 9.17) is 9.40 Å². The second kappa shape index (κ2) is 5.98. The lowest BCUT2D eigenvalue weighted by Gasteiger charge is -2.13. The number of hydrogen-bond acceptors (Lipinski definition) is 5. The Morgan fingerprint density at radius 3 is 2.96 bits per heavy atom. The van der Waals surface area contributed by atoms with Crippen LogP contribution in [0.3, 0.4) is 0 Å². The van der Waals surface area contributed by atoms with E-state index in [-0.39, 0.29) is 0 Å². The molecule has 0 saturated heterocycles. The molecule has 0 saturated carbocycles. The number of hydrogen-bond donors (Lipinski definition) is 1. The van der Waals surface area contributed by atoms with Crippen LogP contribution in [-0.2, 0) is 19.3 Å². The highest BCUT2D eigenvalue weighted by Gasteiger charge is 2.23. The van der Waals surface area contributed by atoms with Crippen molar-refractivity contribution in [1.29, 1.82) is 0 Å². The van der Waals surface area contributed by atoms with Gasteiger partial charge in [-0.15, -0.1) is 5.10 Å². The van der Waals surface area contributed by atoms with Gasteiger partial charge in [-0.3, -0.25) is 0 Å². The smallest absolute Gasteiger partial charge is 0.255 e. The van der Waals surface area contributed by atoms with Gasteiger partial charge in [-0.05, 0) is 55.5 Å². The van der Waals surface area contributed by atoms with Gasteiger partial charge in [-0.25, -0.2) is 4.98 Å². The fourth-order valence-electron chi connectivity index (χ4n) is 3.53. The number of nitrogens with zero attached hydrogens (tertiary/aromatic N) is 4. The lowest BCUT2D eigenvalue weighted by atomic mass is 10.1. The van der Waals surface area contributed by atoms with Crippen LogP contribution in [0, 0.1) is 0 Å². The summed E-state index contributed by atoms with van der Waals surface area (Å²) >= 11 is 0. The molecule has 1 aliphatic rings. The first-order chi connectivity index (χ1) is 12.8. The van der Waals surface area contributed by atoms with Crippen molar-refractivity contribution in [2.24, 2.45) is 0 Å². The van der Waals surface area contributed by atoms with E-state index in [1.165, 1.54) is 11.1 Å². The molecule has 0 atom stereocenters. The Hall–Kier alpha value is -3.15. The topological polar surface area (TPSA) is 68.2 Å². The molecule has 1 aliphatic carbocycles. The molecule has 0 bridgehead atoms. The summed E-state index contributed by atoms with van der Waals surface area (Å²) in [4.78, 5) is 9.31. The summed E-state index contributed by atoms with van der Waals surface area (Å²) in [6.45, 7) is 2.16. The predicted molar refractivity (Wildman–Crippen MR) is 99.6 cm³/mol. The summed E-state index contributed by atoms with van der Waals surface area (Å²) in [5.74, 6) is 2.76. The standard InChI is InChI=1S/C20H19N5O/c1-2-13-6-3-7-14(12-13)21-19-15-8-4-9-16(15)22-20-23-18(24-25(19)20)17-10-5-11-26-17/h3,5-7,10-12,21H,2,4,8-9H2,1H3. The minimum absolute atomic E-state index is 0.552. The molecule has 26 heavy (non-hydrogen) atoms. The van der Waals surface area contributed by atoms with Gasteiger partial charge in [-0.2, -0.15) is 9.50 Å². The molecule has 0 spiro atoms. The Bertz CT molecular complexity index is 1080. The summed E-state index contributed by atoms with van der Waals surface area (Å²) in [5.41, 5.74) is 4.70. The van der Waals surface area contributed by atoms with Gasteiger partial charge >= 0.3 is 0 Å². The molecule has 0 aliphatic heterocycles. The van der Waals surface area contributed by atoms with Crippen molar-refractivity contribution in [2.75, 3.05) is 5.32 Å². The zero-order valence-electron chi connectivity index (χ0n) is 14.6. The molecule has 6 heteroatoms. The lowest BCUT2D eigenvalue weighted by Crippen LogP contribution is -2.07. The molecular weight excluding hydrogens is 326 g/mol. The molecule has 130 valence electrons. The quantitative estimate of drug-likeness (QED) is 0.601. The van der Waals surface area contributed by atoms with Crippen molar-refractivity contribution in [3.63, 3.8) is 0 Å². The second-order valence-electron chi connectivity index (χ2n) is 6.54. The molecule has 1 aromatic carbocycles. The molecule has 1 N–H and O–H groups in total. The second-order valence-corrected chi connectivity index (χ2v) is 6.54. The van der Waals surface area contributed by atoms with Gasteiger partial charge in [0, 0.05) is 11.3 Å². The number of nitrogens with one attached hydrogen (secondary N) is 1. The number of rotatable bonds is 4. The molecule has 0 amide bonds. The largest absolute Gasteiger partial charge is 0.461 e. The Balaban J connectivity index is 1.66. The predicted octanol–water partition coefficient (Wildman–Crippen LogP) is 4.18. The maximum Gasteiger partial charge on any atom is 0.255 e. The van der Waals surface area contributed by atoms with Crippen LogP contribution >= 0.6 is 0 Å². The number of fused-ring (bicyclic) bond motifs is 2. The normalized spacial score (nSPS) is 13.3. The lowest BCUT2D eigenvalue weighted by molar-refractivity contribution is 0.577. The van der Waals surface area contributed by atoms with Crippen LogP contribution in [0.25, 0.3) is 17.4 Å². The third kappa shape index (κ3) is 2.45. The van der Waals surface area contributed by atoms with E-state index < -0.39 is 0 Å². The first kappa shape index (κ1) is 15.1. The van der Waals surface area contributed by atoms with Crippen LogP contribution in [0.5, 0.6) is 0 Å². The Labute approximate surface area is 150 Å². The van der Waals surface area contributed by atoms with Crippen LogP contribution in [0.2, 0.25) is 0 Å².